The molecule has 132 valence electrons. The fourth-order valence-electron chi connectivity index (χ4n) is 8.19. The van der Waals surface area contributed by atoms with Crippen LogP contribution in [-0.4, -0.2) is 16.0 Å². The van der Waals surface area contributed by atoms with E-state index < -0.39 is 5.79 Å². The van der Waals surface area contributed by atoms with Gasteiger partial charge in [0, 0.05) is 5.92 Å². The summed E-state index contributed by atoms with van der Waals surface area (Å²) in [4.78, 5) is 0. The smallest absolute Gasteiger partial charge is 0.163 e. The lowest BCUT2D eigenvalue weighted by Crippen LogP contribution is -2.54. The summed E-state index contributed by atoms with van der Waals surface area (Å²) in [5.74, 6) is 2.02. The molecule has 0 amide bonds. The minimum atomic E-state index is -1.50. The SMILES string of the molecule is CC(O)(O)[C@H]1CC[C@H]2[C@H]3CC[C@@H]4CCCC[C@]4(C)[C@H]3CC[C@@]12C. The second-order valence-electron chi connectivity index (χ2n) is 10.2. The number of aliphatic hydroxyl groups is 2. The maximum Gasteiger partial charge on any atom is 0.163 e. The summed E-state index contributed by atoms with van der Waals surface area (Å²) in [6.45, 7) is 6.62. The van der Waals surface area contributed by atoms with E-state index in [1.807, 2.05) is 0 Å². The van der Waals surface area contributed by atoms with E-state index in [1.54, 1.807) is 6.92 Å². The van der Waals surface area contributed by atoms with Crippen molar-refractivity contribution in [3.05, 3.63) is 0 Å². The molecule has 0 aromatic heterocycles. The molecule has 23 heavy (non-hydrogen) atoms. The van der Waals surface area contributed by atoms with Crippen LogP contribution in [0.1, 0.15) is 85.0 Å². The maximum atomic E-state index is 10.3. The highest BCUT2D eigenvalue weighted by Crippen LogP contribution is 2.68. The molecule has 0 heterocycles. The Morgan fingerprint density at radius 1 is 0.783 bits per heavy atom. The highest BCUT2D eigenvalue weighted by atomic mass is 16.5. The van der Waals surface area contributed by atoms with E-state index in [2.05, 4.69) is 13.8 Å². The fraction of sp³-hybridized carbons (Fsp3) is 1.00. The van der Waals surface area contributed by atoms with Crippen LogP contribution in [0.4, 0.5) is 0 Å². The summed E-state index contributed by atoms with van der Waals surface area (Å²) in [5.41, 5.74) is 0.736. The van der Waals surface area contributed by atoms with Crippen LogP contribution in [0.5, 0.6) is 0 Å². The molecule has 2 N–H and O–H groups in total. The first-order valence-corrected chi connectivity index (χ1v) is 10.2. The largest absolute Gasteiger partial charge is 0.366 e. The third-order valence-corrected chi connectivity index (χ3v) is 9.24. The van der Waals surface area contributed by atoms with E-state index in [-0.39, 0.29) is 11.3 Å². The van der Waals surface area contributed by atoms with Crippen molar-refractivity contribution in [3.8, 4) is 0 Å². The fourth-order valence-corrected chi connectivity index (χ4v) is 8.19. The van der Waals surface area contributed by atoms with Gasteiger partial charge in [0.05, 0.1) is 0 Å². The Morgan fingerprint density at radius 3 is 2.26 bits per heavy atom. The first kappa shape index (κ1) is 16.4. The van der Waals surface area contributed by atoms with Gasteiger partial charge in [-0.05, 0) is 92.8 Å². The molecule has 0 aliphatic heterocycles. The molecule has 4 saturated carbocycles. The Kier molecular flexibility index (Phi) is 3.71. The second kappa shape index (κ2) is 5.21. The van der Waals surface area contributed by atoms with Gasteiger partial charge < -0.3 is 10.2 Å². The molecule has 4 fully saturated rings. The minimum Gasteiger partial charge on any atom is -0.366 e. The monoisotopic (exact) mass is 320 g/mol. The normalized spacial score (nSPS) is 53.3. The lowest BCUT2D eigenvalue weighted by atomic mass is 9.44. The topological polar surface area (TPSA) is 40.5 Å². The van der Waals surface area contributed by atoms with Crippen LogP contribution >= 0.6 is 0 Å². The van der Waals surface area contributed by atoms with Crippen LogP contribution in [0.25, 0.3) is 0 Å². The van der Waals surface area contributed by atoms with E-state index >= 15 is 0 Å². The van der Waals surface area contributed by atoms with Crippen molar-refractivity contribution in [2.24, 2.45) is 40.4 Å². The van der Waals surface area contributed by atoms with E-state index in [1.165, 1.54) is 57.8 Å². The van der Waals surface area contributed by atoms with E-state index in [0.717, 1.165) is 30.1 Å². The van der Waals surface area contributed by atoms with Crippen LogP contribution in [0, 0.1) is 40.4 Å². The molecule has 2 nitrogen and oxygen atoms in total. The average Bonchev–Trinajstić information content (AvgIpc) is 2.84. The van der Waals surface area contributed by atoms with Gasteiger partial charge in [-0.15, -0.1) is 0 Å². The van der Waals surface area contributed by atoms with Crippen LogP contribution in [0.3, 0.4) is 0 Å². The predicted octanol–water partition coefficient (Wildman–Crippen LogP) is 4.74. The molecule has 2 heteroatoms. The summed E-state index contributed by atoms with van der Waals surface area (Å²) in [6.07, 6.45) is 13.4. The van der Waals surface area contributed by atoms with E-state index in [9.17, 15) is 10.2 Å². The van der Waals surface area contributed by atoms with Crippen LogP contribution in [0.2, 0.25) is 0 Å². The highest BCUT2D eigenvalue weighted by molar-refractivity contribution is 5.10. The van der Waals surface area contributed by atoms with Crippen molar-refractivity contribution in [1.82, 2.24) is 0 Å². The Morgan fingerprint density at radius 2 is 1.52 bits per heavy atom. The molecule has 7 atom stereocenters. The number of fused-ring (bicyclic) bond motifs is 5. The van der Waals surface area contributed by atoms with Crippen molar-refractivity contribution in [1.29, 1.82) is 0 Å². The van der Waals surface area contributed by atoms with Gasteiger partial charge in [0.15, 0.2) is 5.79 Å². The molecule has 0 saturated heterocycles. The summed E-state index contributed by atoms with van der Waals surface area (Å²) in [7, 11) is 0. The predicted molar refractivity (Wildman–Crippen MR) is 92.7 cm³/mol. The molecule has 4 rings (SSSR count). The minimum absolute atomic E-state index is 0.0674. The molecular weight excluding hydrogens is 284 g/mol. The molecule has 0 unspecified atom stereocenters. The lowest BCUT2D eigenvalue weighted by molar-refractivity contribution is -0.221. The molecule has 4 aliphatic carbocycles. The van der Waals surface area contributed by atoms with Crippen LogP contribution in [-0.2, 0) is 0 Å². The van der Waals surface area contributed by atoms with Crippen molar-refractivity contribution < 1.29 is 10.2 Å². The molecule has 0 aromatic carbocycles. The van der Waals surface area contributed by atoms with Gasteiger partial charge in [0.1, 0.15) is 0 Å². The average molecular weight is 321 g/mol. The Bertz CT molecular complexity index is 467. The molecule has 0 aromatic rings. The van der Waals surface area contributed by atoms with Gasteiger partial charge in [-0.3, -0.25) is 0 Å². The lowest BCUT2D eigenvalue weighted by Gasteiger charge is -2.61. The van der Waals surface area contributed by atoms with Gasteiger partial charge in [-0.1, -0.05) is 26.7 Å². The second-order valence-corrected chi connectivity index (χ2v) is 10.2. The molecule has 0 bridgehead atoms. The summed E-state index contributed by atoms with van der Waals surface area (Å²) < 4.78 is 0. The number of hydrogen-bond donors (Lipinski definition) is 2. The quantitative estimate of drug-likeness (QED) is 0.685. The third kappa shape index (κ3) is 2.27. The zero-order chi connectivity index (χ0) is 16.5. The molecule has 0 radical (unpaired) electrons. The standard InChI is InChI=1S/C21H36O2/c1-19-12-5-4-6-14(19)7-8-15-16-9-10-18(21(3,22)23)20(16,2)13-11-17(15)19/h14-18,22-23H,4-13H2,1-3H3/t14-,15+,16-,17-,18-,19-,20+/m0/s1. The van der Waals surface area contributed by atoms with E-state index in [0.29, 0.717) is 5.41 Å². The van der Waals surface area contributed by atoms with Crippen molar-refractivity contribution in [3.63, 3.8) is 0 Å². The zero-order valence-corrected chi connectivity index (χ0v) is 15.4. The number of hydrogen-bond acceptors (Lipinski definition) is 2. The van der Waals surface area contributed by atoms with Crippen molar-refractivity contribution >= 4 is 0 Å². The third-order valence-electron chi connectivity index (χ3n) is 9.24. The zero-order valence-electron chi connectivity index (χ0n) is 15.4. The Balaban J connectivity index is 1.63. The van der Waals surface area contributed by atoms with Crippen molar-refractivity contribution in [2.45, 2.75) is 90.8 Å². The number of rotatable bonds is 1. The van der Waals surface area contributed by atoms with Gasteiger partial charge in [-0.25, -0.2) is 0 Å². The van der Waals surface area contributed by atoms with Gasteiger partial charge in [-0.2, -0.15) is 0 Å². The summed E-state index contributed by atoms with van der Waals surface area (Å²) >= 11 is 0. The maximum absolute atomic E-state index is 10.3. The molecular formula is C21H36O2. The van der Waals surface area contributed by atoms with Crippen LogP contribution < -0.4 is 0 Å². The van der Waals surface area contributed by atoms with Crippen LogP contribution in [0.15, 0.2) is 0 Å². The van der Waals surface area contributed by atoms with Gasteiger partial charge in [0.2, 0.25) is 0 Å². The molecule has 4 aliphatic rings. The van der Waals surface area contributed by atoms with E-state index in [4.69, 9.17) is 0 Å². The molecule has 0 spiro atoms. The van der Waals surface area contributed by atoms with Gasteiger partial charge >= 0.3 is 0 Å². The first-order valence-electron chi connectivity index (χ1n) is 10.2. The first-order chi connectivity index (χ1) is 10.8. The highest BCUT2D eigenvalue weighted by Gasteiger charge is 2.61. The summed E-state index contributed by atoms with van der Waals surface area (Å²) in [6, 6.07) is 0. The Hall–Kier alpha value is -0.0800. The Labute approximate surface area is 142 Å². The summed E-state index contributed by atoms with van der Waals surface area (Å²) in [5, 5.41) is 20.6. The van der Waals surface area contributed by atoms with Crippen molar-refractivity contribution in [2.75, 3.05) is 0 Å². The van der Waals surface area contributed by atoms with Gasteiger partial charge in [0.25, 0.3) is 0 Å².